The summed E-state index contributed by atoms with van der Waals surface area (Å²) in [5.41, 5.74) is 0.155. The molecular weight excluding hydrogens is 235 g/mol. The predicted molar refractivity (Wildman–Crippen MR) is 66.7 cm³/mol. The van der Waals surface area contributed by atoms with Crippen LogP contribution in [0.4, 0.5) is 4.39 Å². The van der Waals surface area contributed by atoms with E-state index in [2.05, 4.69) is 0 Å². The molecule has 3 nitrogen and oxygen atoms in total. The van der Waals surface area contributed by atoms with Crippen LogP contribution < -0.4 is 4.74 Å². The molecule has 0 saturated carbocycles. The number of carbonyl (C=O) groups excluding carboxylic acids is 2. The third-order valence-electron chi connectivity index (χ3n) is 2.48. The third-order valence-corrected chi connectivity index (χ3v) is 2.48. The van der Waals surface area contributed by atoms with E-state index in [-0.39, 0.29) is 5.56 Å². The summed E-state index contributed by atoms with van der Waals surface area (Å²) in [5, 5.41) is 0. The van der Waals surface area contributed by atoms with Crippen molar-refractivity contribution in [2.75, 3.05) is 6.61 Å². The van der Waals surface area contributed by atoms with Crippen molar-refractivity contribution in [2.24, 2.45) is 5.92 Å². The molecule has 0 aliphatic carbocycles. The number of ether oxygens (including phenoxy) is 1. The Morgan fingerprint density at radius 2 is 2.00 bits per heavy atom. The molecule has 0 heterocycles. The highest BCUT2D eigenvalue weighted by Crippen LogP contribution is 2.17. The molecular formula is C14H17FO3. The Bertz CT molecular complexity index is 440. The second-order valence-corrected chi connectivity index (χ2v) is 4.24. The lowest BCUT2D eigenvalue weighted by molar-refractivity contribution is -0.125. The first-order chi connectivity index (χ1) is 8.47. The fraction of sp³-hybridized carbons (Fsp3) is 0.429. The number of rotatable bonds is 6. The highest BCUT2D eigenvalue weighted by Gasteiger charge is 2.28. The zero-order chi connectivity index (χ0) is 13.7. The van der Waals surface area contributed by atoms with Crippen LogP contribution in [0.5, 0.6) is 5.75 Å². The van der Waals surface area contributed by atoms with Crippen LogP contribution in [0.15, 0.2) is 24.3 Å². The van der Waals surface area contributed by atoms with Gasteiger partial charge in [0.1, 0.15) is 5.75 Å². The first-order valence-corrected chi connectivity index (χ1v) is 5.92. The normalized spacial score (nSPS) is 12.3. The van der Waals surface area contributed by atoms with Gasteiger partial charge < -0.3 is 4.74 Å². The van der Waals surface area contributed by atoms with E-state index in [1.54, 1.807) is 26.0 Å². The van der Waals surface area contributed by atoms with Crippen molar-refractivity contribution in [3.63, 3.8) is 0 Å². The van der Waals surface area contributed by atoms with Crippen LogP contribution in [-0.4, -0.2) is 24.3 Å². The summed E-state index contributed by atoms with van der Waals surface area (Å²) < 4.78 is 18.9. The molecule has 1 rings (SSSR count). The quantitative estimate of drug-likeness (QED) is 0.577. The summed E-state index contributed by atoms with van der Waals surface area (Å²) in [6.45, 7) is 5.41. The average Bonchev–Trinajstić information content (AvgIpc) is 2.36. The van der Waals surface area contributed by atoms with Gasteiger partial charge in [0, 0.05) is 11.5 Å². The van der Waals surface area contributed by atoms with E-state index < -0.39 is 23.7 Å². The molecule has 1 unspecified atom stereocenters. The van der Waals surface area contributed by atoms with E-state index in [0.717, 1.165) is 0 Å². The number of hydrogen-bond donors (Lipinski definition) is 0. The number of carbonyl (C=O) groups is 2. The standard InChI is InChI=1S/C14H17FO3/c1-4-18-11-7-5-6-10(8-11)14(17)12(15)13(16)9(2)3/h5-9,12H,4H2,1-3H3. The minimum atomic E-state index is -2.10. The van der Waals surface area contributed by atoms with Crippen molar-refractivity contribution in [3.05, 3.63) is 29.8 Å². The first-order valence-electron chi connectivity index (χ1n) is 5.92. The van der Waals surface area contributed by atoms with Crippen molar-refractivity contribution in [1.29, 1.82) is 0 Å². The van der Waals surface area contributed by atoms with Gasteiger partial charge in [-0.25, -0.2) is 4.39 Å². The Kier molecular flexibility index (Phi) is 5.01. The molecule has 0 N–H and O–H groups in total. The van der Waals surface area contributed by atoms with E-state index in [4.69, 9.17) is 4.74 Å². The SMILES string of the molecule is CCOc1cccc(C(=O)C(F)C(=O)C(C)C)c1. The Balaban J connectivity index is 2.89. The molecule has 0 aromatic heterocycles. The molecule has 0 bridgehead atoms. The molecule has 0 amide bonds. The van der Waals surface area contributed by atoms with Crippen LogP contribution in [0.1, 0.15) is 31.1 Å². The lowest BCUT2D eigenvalue weighted by Gasteiger charge is -2.10. The Labute approximate surface area is 106 Å². The lowest BCUT2D eigenvalue weighted by Crippen LogP contribution is -2.29. The number of Topliss-reactive ketones (excluding diaryl/α,β-unsaturated/α-hetero) is 2. The van der Waals surface area contributed by atoms with Gasteiger partial charge in [-0.15, -0.1) is 0 Å². The molecule has 0 spiro atoms. The predicted octanol–water partition coefficient (Wildman–Crippen LogP) is 2.83. The number of halogens is 1. The summed E-state index contributed by atoms with van der Waals surface area (Å²) in [6, 6.07) is 6.21. The maximum absolute atomic E-state index is 13.7. The van der Waals surface area contributed by atoms with Gasteiger partial charge in [0.2, 0.25) is 12.0 Å². The second kappa shape index (κ2) is 6.28. The van der Waals surface area contributed by atoms with Crippen LogP contribution in [0, 0.1) is 5.92 Å². The minimum absolute atomic E-state index is 0.155. The van der Waals surface area contributed by atoms with Crippen LogP contribution in [0.2, 0.25) is 0 Å². The van der Waals surface area contributed by atoms with E-state index in [1.165, 1.54) is 12.1 Å². The summed E-state index contributed by atoms with van der Waals surface area (Å²) >= 11 is 0. The zero-order valence-corrected chi connectivity index (χ0v) is 10.8. The average molecular weight is 252 g/mol. The zero-order valence-electron chi connectivity index (χ0n) is 10.8. The van der Waals surface area contributed by atoms with Gasteiger partial charge in [-0.1, -0.05) is 26.0 Å². The van der Waals surface area contributed by atoms with E-state index in [1.807, 2.05) is 6.92 Å². The molecule has 98 valence electrons. The van der Waals surface area contributed by atoms with Crippen LogP contribution >= 0.6 is 0 Å². The van der Waals surface area contributed by atoms with Crippen LogP contribution in [0.3, 0.4) is 0 Å². The van der Waals surface area contributed by atoms with Crippen LogP contribution in [-0.2, 0) is 4.79 Å². The molecule has 0 aliphatic heterocycles. The van der Waals surface area contributed by atoms with Crippen molar-refractivity contribution < 1.29 is 18.7 Å². The molecule has 1 aromatic carbocycles. The van der Waals surface area contributed by atoms with Crippen molar-refractivity contribution >= 4 is 11.6 Å². The van der Waals surface area contributed by atoms with Gasteiger partial charge in [-0.05, 0) is 19.1 Å². The Morgan fingerprint density at radius 1 is 1.33 bits per heavy atom. The van der Waals surface area contributed by atoms with Crippen LogP contribution in [0.25, 0.3) is 0 Å². The third kappa shape index (κ3) is 3.39. The maximum atomic E-state index is 13.7. The first kappa shape index (κ1) is 14.4. The molecule has 1 aromatic rings. The number of benzene rings is 1. The van der Waals surface area contributed by atoms with Gasteiger partial charge in [-0.2, -0.15) is 0 Å². The molecule has 1 atom stereocenters. The minimum Gasteiger partial charge on any atom is -0.494 e. The largest absolute Gasteiger partial charge is 0.494 e. The van der Waals surface area contributed by atoms with Crippen molar-refractivity contribution in [1.82, 2.24) is 0 Å². The number of ketones is 2. The summed E-state index contributed by atoms with van der Waals surface area (Å²) in [7, 11) is 0. The van der Waals surface area contributed by atoms with Crippen molar-refractivity contribution in [3.8, 4) is 5.75 Å². The fourth-order valence-electron chi connectivity index (χ4n) is 1.47. The number of alkyl halides is 1. The van der Waals surface area contributed by atoms with E-state index >= 15 is 0 Å². The smallest absolute Gasteiger partial charge is 0.221 e. The fourth-order valence-corrected chi connectivity index (χ4v) is 1.47. The van der Waals surface area contributed by atoms with Gasteiger partial charge in [0.15, 0.2) is 5.78 Å². The summed E-state index contributed by atoms with van der Waals surface area (Å²) in [6.07, 6.45) is -2.10. The summed E-state index contributed by atoms with van der Waals surface area (Å²) in [4.78, 5) is 23.2. The van der Waals surface area contributed by atoms with Gasteiger partial charge >= 0.3 is 0 Å². The van der Waals surface area contributed by atoms with Crippen molar-refractivity contribution in [2.45, 2.75) is 26.9 Å². The lowest BCUT2D eigenvalue weighted by atomic mass is 9.98. The van der Waals surface area contributed by atoms with Gasteiger partial charge in [-0.3, -0.25) is 9.59 Å². The Morgan fingerprint density at radius 3 is 2.56 bits per heavy atom. The molecule has 0 radical (unpaired) electrons. The van der Waals surface area contributed by atoms with Gasteiger partial charge in [0.25, 0.3) is 0 Å². The monoisotopic (exact) mass is 252 g/mol. The highest BCUT2D eigenvalue weighted by atomic mass is 19.1. The van der Waals surface area contributed by atoms with E-state index in [0.29, 0.717) is 12.4 Å². The second-order valence-electron chi connectivity index (χ2n) is 4.24. The molecule has 0 saturated heterocycles. The topological polar surface area (TPSA) is 43.4 Å². The molecule has 4 heteroatoms. The highest BCUT2D eigenvalue weighted by molar-refractivity contribution is 6.13. The van der Waals surface area contributed by atoms with Gasteiger partial charge in [0.05, 0.1) is 6.61 Å². The maximum Gasteiger partial charge on any atom is 0.221 e. The Hall–Kier alpha value is -1.71. The molecule has 0 aliphatic rings. The molecule has 0 fully saturated rings. The summed E-state index contributed by atoms with van der Waals surface area (Å²) in [5.74, 6) is -1.51. The number of hydrogen-bond acceptors (Lipinski definition) is 3. The molecule has 18 heavy (non-hydrogen) atoms. The van der Waals surface area contributed by atoms with E-state index in [9.17, 15) is 14.0 Å².